The summed E-state index contributed by atoms with van der Waals surface area (Å²) < 4.78 is 0. The van der Waals surface area contributed by atoms with Crippen LogP contribution in [0.2, 0.25) is 0 Å². The molecule has 1 rings (SSSR count). The molecule has 1 aliphatic rings. The van der Waals surface area contributed by atoms with Crippen molar-refractivity contribution in [2.45, 2.75) is 74.7 Å². The highest BCUT2D eigenvalue weighted by Crippen LogP contribution is 2.47. The molecule has 0 spiro atoms. The lowest BCUT2D eigenvalue weighted by Crippen LogP contribution is -2.17. The summed E-state index contributed by atoms with van der Waals surface area (Å²) in [6.07, 6.45) is 3.10. The third kappa shape index (κ3) is 3.70. The molecule has 0 bridgehead atoms. The molecule has 0 aromatic rings. The number of carbonyl (C=O) groups excluding carboxylic acids is 1. The first-order chi connectivity index (χ1) is 8.31. The van der Waals surface area contributed by atoms with Gasteiger partial charge in [-0.1, -0.05) is 67.4 Å². The van der Waals surface area contributed by atoms with Crippen LogP contribution in [0, 0.1) is 17.3 Å². The van der Waals surface area contributed by atoms with E-state index in [1.54, 1.807) is 0 Å². The predicted octanol–water partition coefficient (Wildman–Crippen LogP) is 5.40. The number of hydrogen-bond donors (Lipinski definition) is 0. The molecule has 1 heteroatoms. The molecule has 1 nitrogen and oxygen atoms in total. The Kier molecular flexibility index (Phi) is 6.88. The Bertz CT molecular complexity index is 308. The van der Waals surface area contributed by atoms with Gasteiger partial charge in [-0.05, 0) is 29.2 Å². The van der Waals surface area contributed by atoms with Gasteiger partial charge in [0.2, 0.25) is 0 Å². The highest BCUT2D eigenvalue weighted by molar-refractivity contribution is 6.00. The summed E-state index contributed by atoms with van der Waals surface area (Å²) in [5.41, 5.74) is 2.66. The van der Waals surface area contributed by atoms with Crippen molar-refractivity contribution in [3.8, 4) is 0 Å². The Morgan fingerprint density at radius 2 is 1.67 bits per heavy atom. The van der Waals surface area contributed by atoms with E-state index < -0.39 is 0 Å². The van der Waals surface area contributed by atoms with Gasteiger partial charge in [0.25, 0.3) is 0 Å². The molecule has 1 atom stereocenters. The molecule has 0 amide bonds. The molecule has 0 fully saturated rings. The van der Waals surface area contributed by atoms with Crippen molar-refractivity contribution in [1.29, 1.82) is 0 Å². The van der Waals surface area contributed by atoms with E-state index in [2.05, 4.69) is 41.5 Å². The van der Waals surface area contributed by atoms with Gasteiger partial charge in [0.05, 0.1) is 0 Å². The normalized spacial score (nSPS) is 19.9. The molecule has 0 heterocycles. The molecule has 106 valence electrons. The first-order valence-corrected chi connectivity index (χ1v) is 7.59. The van der Waals surface area contributed by atoms with Crippen molar-refractivity contribution in [1.82, 2.24) is 0 Å². The first-order valence-electron chi connectivity index (χ1n) is 7.59. The number of Topliss-reactive ketones (excluding diaryl/α,β-unsaturated/α-hetero) is 1. The minimum atomic E-state index is 0.0886. The standard InChI is InChI=1S/C15H26O.C2H6/c1-7-8-11(4)14-13(10(2)3)12(16)9-15(14,5)6;1-2/h10-11H,7-9H2,1-6H3;1-2H3. The SMILES string of the molecule is CC.CCCC(C)C1=C(C(C)C)C(=O)CC1(C)C. The Balaban J connectivity index is 0.00000137. The Morgan fingerprint density at radius 1 is 1.17 bits per heavy atom. The van der Waals surface area contributed by atoms with Crippen LogP contribution in [0.5, 0.6) is 0 Å². The monoisotopic (exact) mass is 252 g/mol. The summed E-state index contributed by atoms with van der Waals surface area (Å²) in [5, 5.41) is 0. The molecule has 1 unspecified atom stereocenters. The van der Waals surface area contributed by atoms with Crippen LogP contribution in [0.15, 0.2) is 11.1 Å². The molecular weight excluding hydrogens is 220 g/mol. The van der Waals surface area contributed by atoms with E-state index in [1.165, 1.54) is 18.4 Å². The van der Waals surface area contributed by atoms with Crippen LogP contribution >= 0.6 is 0 Å². The predicted molar refractivity (Wildman–Crippen MR) is 80.7 cm³/mol. The van der Waals surface area contributed by atoms with E-state index in [9.17, 15) is 4.79 Å². The smallest absolute Gasteiger partial charge is 0.159 e. The highest BCUT2D eigenvalue weighted by Gasteiger charge is 2.40. The fourth-order valence-electron chi connectivity index (χ4n) is 3.25. The quantitative estimate of drug-likeness (QED) is 0.654. The molecule has 1 aliphatic carbocycles. The molecule has 18 heavy (non-hydrogen) atoms. The summed E-state index contributed by atoms with van der Waals surface area (Å²) in [6, 6.07) is 0. The van der Waals surface area contributed by atoms with Gasteiger partial charge in [0.1, 0.15) is 0 Å². The van der Waals surface area contributed by atoms with Gasteiger partial charge in [-0.15, -0.1) is 0 Å². The van der Waals surface area contributed by atoms with E-state index in [4.69, 9.17) is 0 Å². The maximum Gasteiger partial charge on any atom is 0.159 e. The van der Waals surface area contributed by atoms with Gasteiger partial charge in [0.15, 0.2) is 5.78 Å². The van der Waals surface area contributed by atoms with Crippen LogP contribution in [-0.4, -0.2) is 5.78 Å². The average molecular weight is 252 g/mol. The lowest BCUT2D eigenvalue weighted by atomic mass is 9.76. The lowest BCUT2D eigenvalue weighted by Gasteiger charge is -2.28. The summed E-state index contributed by atoms with van der Waals surface area (Å²) >= 11 is 0. The van der Waals surface area contributed by atoms with E-state index in [1.807, 2.05) is 13.8 Å². The fourth-order valence-corrected chi connectivity index (χ4v) is 3.25. The number of hydrogen-bond acceptors (Lipinski definition) is 1. The topological polar surface area (TPSA) is 17.1 Å². The van der Waals surface area contributed by atoms with Crippen molar-refractivity contribution >= 4 is 5.78 Å². The summed E-state index contributed by atoms with van der Waals surface area (Å²) in [5.74, 6) is 1.32. The minimum Gasteiger partial charge on any atom is -0.295 e. The molecular formula is C17H32O. The average Bonchev–Trinajstić information content (AvgIpc) is 2.51. The second-order valence-corrected chi connectivity index (χ2v) is 6.16. The molecule has 0 aliphatic heterocycles. The Labute approximate surface area is 114 Å². The largest absolute Gasteiger partial charge is 0.295 e. The summed E-state index contributed by atoms with van der Waals surface area (Å²) in [4.78, 5) is 12.1. The van der Waals surface area contributed by atoms with Crippen LogP contribution < -0.4 is 0 Å². The van der Waals surface area contributed by atoms with Crippen molar-refractivity contribution < 1.29 is 4.79 Å². The number of ketones is 1. The zero-order valence-electron chi connectivity index (χ0n) is 13.7. The second kappa shape index (κ2) is 7.11. The highest BCUT2D eigenvalue weighted by atomic mass is 16.1. The second-order valence-electron chi connectivity index (χ2n) is 6.16. The maximum absolute atomic E-state index is 12.1. The van der Waals surface area contributed by atoms with Gasteiger partial charge < -0.3 is 0 Å². The lowest BCUT2D eigenvalue weighted by molar-refractivity contribution is -0.116. The van der Waals surface area contributed by atoms with E-state index in [-0.39, 0.29) is 5.41 Å². The molecule has 0 aromatic heterocycles. The van der Waals surface area contributed by atoms with Crippen LogP contribution in [0.1, 0.15) is 74.7 Å². The van der Waals surface area contributed by atoms with Crippen LogP contribution in [0.4, 0.5) is 0 Å². The van der Waals surface area contributed by atoms with Gasteiger partial charge in [0, 0.05) is 6.42 Å². The van der Waals surface area contributed by atoms with Crippen molar-refractivity contribution in [2.24, 2.45) is 17.3 Å². The van der Waals surface area contributed by atoms with Crippen LogP contribution in [0.3, 0.4) is 0 Å². The zero-order chi connectivity index (χ0) is 14.5. The summed E-state index contributed by atoms with van der Waals surface area (Å²) in [7, 11) is 0. The van der Waals surface area contributed by atoms with Gasteiger partial charge >= 0.3 is 0 Å². The molecule has 0 radical (unpaired) electrons. The van der Waals surface area contributed by atoms with E-state index in [0.717, 1.165) is 5.57 Å². The molecule has 0 saturated heterocycles. The van der Waals surface area contributed by atoms with E-state index >= 15 is 0 Å². The third-order valence-electron chi connectivity index (χ3n) is 3.71. The van der Waals surface area contributed by atoms with Gasteiger partial charge in [-0.25, -0.2) is 0 Å². The van der Waals surface area contributed by atoms with Crippen molar-refractivity contribution in [3.63, 3.8) is 0 Å². The van der Waals surface area contributed by atoms with E-state index in [0.29, 0.717) is 24.0 Å². The van der Waals surface area contributed by atoms with Crippen LogP contribution in [0.25, 0.3) is 0 Å². The van der Waals surface area contributed by atoms with Crippen molar-refractivity contribution in [3.05, 3.63) is 11.1 Å². The zero-order valence-corrected chi connectivity index (χ0v) is 13.7. The minimum absolute atomic E-state index is 0.0886. The fraction of sp³-hybridized carbons (Fsp3) is 0.824. The summed E-state index contributed by atoms with van der Waals surface area (Å²) in [6.45, 7) is 17.2. The third-order valence-corrected chi connectivity index (χ3v) is 3.71. The Hall–Kier alpha value is -0.590. The number of rotatable bonds is 4. The molecule has 0 saturated carbocycles. The number of carbonyl (C=O) groups is 1. The van der Waals surface area contributed by atoms with Gasteiger partial charge in [-0.3, -0.25) is 4.79 Å². The first kappa shape index (κ1) is 17.4. The molecule has 0 aromatic carbocycles. The van der Waals surface area contributed by atoms with Crippen molar-refractivity contribution in [2.75, 3.05) is 0 Å². The van der Waals surface area contributed by atoms with Crippen LogP contribution in [-0.2, 0) is 4.79 Å². The number of allylic oxidation sites excluding steroid dienone is 2. The Morgan fingerprint density at radius 3 is 2.06 bits per heavy atom. The van der Waals surface area contributed by atoms with Gasteiger partial charge in [-0.2, -0.15) is 0 Å². The maximum atomic E-state index is 12.1. The molecule has 0 N–H and O–H groups in total.